The maximum absolute atomic E-state index is 14.4. The molecule has 9 nitrogen and oxygen atoms in total. The number of hydrogen-bond donors (Lipinski definition) is 2. The number of alkyl halides is 3. The van der Waals surface area contributed by atoms with E-state index in [2.05, 4.69) is 15.3 Å². The molecule has 3 N–H and O–H groups in total. The van der Waals surface area contributed by atoms with E-state index in [0.717, 1.165) is 11.9 Å². The Morgan fingerprint density at radius 1 is 1.14 bits per heavy atom. The highest BCUT2D eigenvalue weighted by atomic mass is 32.2. The van der Waals surface area contributed by atoms with Gasteiger partial charge in [-0.05, 0) is 29.8 Å². The molecule has 0 radical (unpaired) electrons. The Hall–Kier alpha value is -3.58. The lowest BCUT2D eigenvalue weighted by molar-refractivity contribution is -0.136. The SMILES string of the molecule is COc1cc(N2CCOCC2)ccc1-c1nc(N)nc(NCc2cccc(S(C)(=O)=O)c2)c1C(F)(F)F. The van der Waals surface area contributed by atoms with Crippen LogP contribution < -0.4 is 20.7 Å². The van der Waals surface area contributed by atoms with Crippen molar-refractivity contribution in [2.75, 3.05) is 55.6 Å². The fourth-order valence-electron chi connectivity index (χ4n) is 4.04. The Morgan fingerprint density at radius 2 is 1.86 bits per heavy atom. The summed E-state index contributed by atoms with van der Waals surface area (Å²) in [6.07, 6.45) is -3.79. The highest BCUT2D eigenvalue weighted by Gasteiger charge is 2.40. The minimum absolute atomic E-state index is 0.0517. The molecule has 0 aliphatic carbocycles. The first kappa shape index (κ1) is 26.5. The van der Waals surface area contributed by atoms with Crippen molar-refractivity contribution in [1.29, 1.82) is 0 Å². The third kappa shape index (κ3) is 6.05. The summed E-state index contributed by atoms with van der Waals surface area (Å²) < 4.78 is 77.6. The van der Waals surface area contributed by atoms with E-state index in [-0.39, 0.29) is 28.7 Å². The Morgan fingerprint density at radius 3 is 2.51 bits per heavy atom. The van der Waals surface area contributed by atoms with Gasteiger partial charge in [0.15, 0.2) is 9.84 Å². The minimum atomic E-state index is -4.84. The molecule has 37 heavy (non-hydrogen) atoms. The predicted molar refractivity (Wildman–Crippen MR) is 133 cm³/mol. The van der Waals surface area contributed by atoms with E-state index < -0.39 is 33.1 Å². The lowest BCUT2D eigenvalue weighted by Gasteiger charge is -2.29. The van der Waals surface area contributed by atoms with Crippen LogP contribution in [0.1, 0.15) is 11.1 Å². The molecule has 4 rings (SSSR count). The summed E-state index contributed by atoms with van der Waals surface area (Å²) in [4.78, 5) is 9.85. The van der Waals surface area contributed by atoms with Crippen LogP contribution in [0.5, 0.6) is 5.75 Å². The molecule has 2 aromatic carbocycles. The molecular formula is C24H26F3N5O4S. The van der Waals surface area contributed by atoms with Crippen LogP contribution in [0.15, 0.2) is 47.4 Å². The van der Waals surface area contributed by atoms with Gasteiger partial charge in [-0.15, -0.1) is 0 Å². The molecule has 2 heterocycles. The highest BCUT2D eigenvalue weighted by Crippen LogP contribution is 2.44. The van der Waals surface area contributed by atoms with Gasteiger partial charge in [-0.2, -0.15) is 18.2 Å². The zero-order valence-electron chi connectivity index (χ0n) is 20.2. The van der Waals surface area contributed by atoms with Crippen LogP contribution in [0.4, 0.5) is 30.6 Å². The van der Waals surface area contributed by atoms with Gasteiger partial charge in [-0.3, -0.25) is 0 Å². The lowest BCUT2D eigenvalue weighted by Crippen LogP contribution is -2.36. The van der Waals surface area contributed by atoms with E-state index in [4.69, 9.17) is 15.2 Å². The zero-order valence-corrected chi connectivity index (χ0v) is 21.0. The van der Waals surface area contributed by atoms with Crippen LogP contribution in [-0.4, -0.2) is 58.1 Å². The van der Waals surface area contributed by atoms with Crippen LogP contribution in [0, 0.1) is 0 Å². The number of aromatic nitrogens is 2. The van der Waals surface area contributed by atoms with Crippen LogP contribution in [0.2, 0.25) is 0 Å². The highest BCUT2D eigenvalue weighted by molar-refractivity contribution is 7.90. The number of benzene rings is 2. The van der Waals surface area contributed by atoms with Gasteiger partial charge >= 0.3 is 6.18 Å². The molecular weight excluding hydrogens is 511 g/mol. The number of nitrogen functional groups attached to an aromatic ring is 1. The third-order valence-corrected chi connectivity index (χ3v) is 6.92. The summed E-state index contributed by atoms with van der Waals surface area (Å²) in [6, 6.07) is 10.8. The van der Waals surface area contributed by atoms with Gasteiger partial charge in [0.05, 0.1) is 30.9 Å². The number of nitrogens with two attached hydrogens (primary N) is 1. The number of hydrogen-bond acceptors (Lipinski definition) is 9. The average Bonchev–Trinajstić information content (AvgIpc) is 2.86. The van der Waals surface area contributed by atoms with Crippen molar-refractivity contribution in [2.24, 2.45) is 0 Å². The van der Waals surface area contributed by atoms with Crippen molar-refractivity contribution in [1.82, 2.24) is 9.97 Å². The molecule has 1 aliphatic rings. The van der Waals surface area contributed by atoms with Crippen molar-refractivity contribution in [3.63, 3.8) is 0 Å². The number of halogens is 3. The van der Waals surface area contributed by atoms with Crippen molar-refractivity contribution in [3.8, 4) is 17.0 Å². The van der Waals surface area contributed by atoms with E-state index >= 15 is 0 Å². The predicted octanol–water partition coefficient (Wildman–Crippen LogP) is 3.61. The Labute approximate surface area is 212 Å². The zero-order chi connectivity index (χ0) is 26.8. The topological polar surface area (TPSA) is 120 Å². The van der Waals surface area contributed by atoms with Crippen LogP contribution in [-0.2, 0) is 27.3 Å². The van der Waals surface area contributed by atoms with Crippen molar-refractivity contribution >= 4 is 27.3 Å². The van der Waals surface area contributed by atoms with E-state index in [9.17, 15) is 21.6 Å². The molecule has 0 amide bonds. The van der Waals surface area contributed by atoms with E-state index in [1.165, 1.54) is 31.4 Å². The molecule has 0 unspecified atom stereocenters. The second-order valence-corrected chi connectivity index (χ2v) is 10.4. The number of sulfone groups is 1. The molecule has 3 aromatic rings. The molecule has 1 aromatic heterocycles. The Bertz CT molecular complexity index is 1390. The van der Waals surface area contributed by atoms with Gasteiger partial charge in [0.2, 0.25) is 5.95 Å². The van der Waals surface area contributed by atoms with Gasteiger partial charge in [0.25, 0.3) is 0 Å². The molecule has 0 atom stereocenters. The first-order chi connectivity index (χ1) is 17.5. The number of ether oxygens (including phenoxy) is 2. The summed E-state index contributed by atoms with van der Waals surface area (Å²) in [7, 11) is -2.12. The monoisotopic (exact) mass is 537 g/mol. The van der Waals surface area contributed by atoms with E-state index in [1.807, 2.05) is 4.90 Å². The molecule has 1 fully saturated rings. The number of methoxy groups -OCH3 is 1. The molecule has 0 spiro atoms. The number of rotatable bonds is 7. The maximum atomic E-state index is 14.4. The Balaban J connectivity index is 1.75. The van der Waals surface area contributed by atoms with Crippen molar-refractivity contribution in [2.45, 2.75) is 17.6 Å². The summed E-state index contributed by atoms with van der Waals surface area (Å²) in [6.45, 7) is 2.26. The average molecular weight is 538 g/mol. The molecule has 1 saturated heterocycles. The largest absolute Gasteiger partial charge is 0.496 e. The van der Waals surface area contributed by atoms with Gasteiger partial charge in [0.1, 0.15) is 17.1 Å². The summed E-state index contributed by atoms with van der Waals surface area (Å²) in [5.74, 6) is -0.701. The molecule has 198 valence electrons. The van der Waals surface area contributed by atoms with Crippen molar-refractivity contribution < 1.29 is 31.1 Å². The first-order valence-electron chi connectivity index (χ1n) is 11.3. The third-order valence-electron chi connectivity index (χ3n) is 5.81. The lowest BCUT2D eigenvalue weighted by atomic mass is 10.0. The number of morpholine rings is 1. The Kier molecular flexibility index (Phi) is 7.46. The minimum Gasteiger partial charge on any atom is -0.496 e. The number of nitrogens with one attached hydrogen (secondary N) is 1. The van der Waals surface area contributed by atoms with Gasteiger partial charge < -0.3 is 25.4 Å². The second-order valence-electron chi connectivity index (χ2n) is 8.41. The number of nitrogens with zero attached hydrogens (tertiary/aromatic N) is 3. The van der Waals surface area contributed by atoms with E-state index in [1.54, 1.807) is 18.2 Å². The molecule has 13 heteroatoms. The van der Waals surface area contributed by atoms with Crippen molar-refractivity contribution in [3.05, 3.63) is 53.6 Å². The summed E-state index contributed by atoms with van der Waals surface area (Å²) >= 11 is 0. The second kappa shape index (κ2) is 10.4. The summed E-state index contributed by atoms with van der Waals surface area (Å²) in [5, 5.41) is 2.66. The van der Waals surface area contributed by atoms with Gasteiger partial charge in [-0.25, -0.2) is 13.4 Å². The molecule has 1 aliphatic heterocycles. The van der Waals surface area contributed by atoms with Crippen LogP contribution in [0.3, 0.4) is 0 Å². The summed E-state index contributed by atoms with van der Waals surface area (Å²) in [5.41, 5.74) is 5.61. The first-order valence-corrected chi connectivity index (χ1v) is 13.1. The standard InChI is InChI=1S/C24H26F3N5O4S/c1-35-19-13-16(32-8-10-36-11-9-32)6-7-18(19)21-20(24(25,26)27)22(31-23(28)30-21)29-14-15-4-3-5-17(12-15)37(2,33)34/h3-7,12-13H,8-11,14H2,1-2H3,(H3,28,29,30,31). The van der Waals surface area contributed by atoms with Crippen LogP contribution >= 0.6 is 0 Å². The normalized spacial score (nSPS) is 14.5. The fourth-order valence-corrected chi connectivity index (χ4v) is 4.73. The molecule has 0 bridgehead atoms. The number of anilines is 3. The fraction of sp³-hybridized carbons (Fsp3) is 0.333. The van der Waals surface area contributed by atoms with Gasteiger partial charge in [0, 0.05) is 43.2 Å². The molecule has 0 saturated carbocycles. The maximum Gasteiger partial charge on any atom is 0.422 e. The quantitative estimate of drug-likeness (QED) is 0.466. The smallest absolute Gasteiger partial charge is 0.422 e. The van der Waals surface area contributed by atoms with Crippen LogP contribution in [0.25, 0.3) is 11.3 Å². The van der Waals surface area contributed by atoms with Gasteiger partial charge in [-0.1, -0.05) is 12.1 Å². The van der Waals surface area contributed by atoms with E-state index in [0.29, 0.717) is 31.9 Å².